The number of ether oxygens (including phenoxy) is 1. The summed E-state index contributed by atoms with van der Waals surface area (Å²) in [5, 5.41) is 0. The molecule has 0 unspecified atom stereocenters. The number of hydrogen-bond acceptors (Lipinski definition) is 4. The number of rotatable bonds is 2. The van der Waals surface area contributed by atoms with E-state index in [-0.39, 0.29) is 27.0 Å². The first-order valence-corrected chi connectivity index (χ1v) is 5.83. The van der Waals surface area contributed by atoms with Gasteiger partial charge in [0.15, 0.2) is 0 Å². The molecule has 5 heteroatoms. The van der Waals surface area contributed by atoms with Crippen molar-refractivity contribution in [1.82, 2.24) is 4.98 Å². The molecule has 1 aromatic rings. The number of carbonyl (C=O) groups is 1. The van der Waals surface area contributed by atoms with Gasteiger partial charge in [0.25, 0.3) is 0 Å². The van der Waals surface area contributed by atoms with Crippen LogP contribution in [0.4, 0.5) is 5.82 Å². The van der Waals surface area contributed by atoms with Crippen LogP contribution in [0.5, 0.6) is 0 Å². The Kier molecular flexibility index (Phi) is 5.80. The maximum absolute atomic E-state index is 11.3. The van der Waals surface area contributed by atoms with Crippen LogP contribution in [0, 0.1) is 12.8 Å². The van der Waals surface area contributed by atoms with Gasteiger partial charge < -0.3 is 16.6 Å². The van der Waals surface area contributed by atoms with Crippen molar-refractivity contribution in [3.63, 3.8) is 0 Å². The zero-order valence-electron chi connectivity index (χ0n) is 10.5. The Balaban J connectivity index is 0.00000162. The molecule has 1 saturated heterocycles. The number of piperidine rings is 1. The average Bonchev–Trinajstić information content (AvgIpc) is 2.39. The van der Waals surface area contributed by atoms with Gasteiger partial charge in [-0.1, -0.05) is 12.8 Å². The Morgan fingerprint density at radius 1 is 1.44 bits per heavy atom. The Bertz CT molecular complexity index is 386. The molecule has 0 radical (unpaired) electrons. The Labute approximate surface area is 122 Å². The molecule has 0 saturated carbocycles. The van der Waals surface area contributed by atoms with Crippen molar-refractivity contribution in [3.8, 4) is 0 Å². The van der Waals surface area contributed by atoms with Crippen LogP contribution in [0.3, 0.4) is 0 Å². The predicted octanol–water partition coefficient (Wildman–Crippen LogP) is 1.92. The third-order valence-corrected chi connectivity index (χ3v) is 3.11. The van der Waals surface area contributed by atoms with Gasteiger partial charge >= 0.3 is 5.97 Å². The van der Waals surface area contributed by atoms with Gasteiger partial charge in [-0.2, -0.15) is 5.92 Å². The fraction of sp³-hybridized carbons (Fsp3) is 0.462. The van der Waals surface area contributed by atoms with Crippen molar-refractivity contribution in [2.24, 2.45) is 5.92 Å². The molecule has 4 nitrogen and oxygen atoms in total. The number of aromatic nitrogens is 1. The standard InChI is InChI=1S/C13H17N2O2.W/c1-10-5-7-15(8-6-10)12-4-3-11(9-14-12)13(16)17-2;/h3-4,9-10H,1,5-8H2,2H3;/q-1;. The van der Waals surface area contributed by atoms with Crippen molar-refractivity contribution >= 4 is 11.8 Å². The van der Waals surface area contributed by atoms with Crippen molar-refractivity contribution in [2.45, 2.75) is 12.8 Å². The van der Waals surface area contributed by atoms with E-state index in [1.54, 1.807) is 12.3 Å². The maximum atomic E-state index is 11.3. The third kappa shape index (κ3) is 3.55. The molecule has 0 N–H and O–H groups in total. The van der Waals surface area contributed by atoms with Crippen LogP contribution >= 0.6 is 0 Å². The topological polar surface area (TPSA) is 42.4 Å². The summed E-state index contributed by atoms with van der Waals surface area (Å²) >= 11 is 0. The van der Waals surface area contributed by atoms with E-state index in [4.69, 9.17) is 0 Å². The van der Waals surface area contributed by atoms with Gasteiger partial charge in [-0.15, -0.1) is 0 Å². The summed E-state index contributed by atoms with van der Waals surface area (Å²) in [7, 11) is 1.37. The summed E-state index contributed by atoms with van der Waals surface area (Å²) in [6.07, 6.45) is 3.76. The Morgan fingerprint density at radius 2 is 2.11 bits per heavy atom. The third-order valence-electron chi connectivity index (χ3n) is 3.11. The van der Waals surface area contributed by atoms with Gasteiger partial charge in [0, 0.05) is 40.4 Å². The molecular formula is C13H17N2O2W-. The van der Waals surface area contributed by atoms with E-state index in [0.717, 1.165) is 31.7 Å². The number of methoxy groups -OCH3 is 1. The average molecular weight is 417 g/mol. The first-order chi connectivity index (χ1) is 8.20. The molecule has 1 aliphatic heterocycles. The summed E-state index contributed by atoms with van der Waals surface area (Å²) in [5.41, 5.74) is 0.489. The number of carbonyl (C=O) groups excluding carboxylic acids is 1. The van der Waals surface area contributed by atoms with Gasteiger partial charge in [-0.05, 0) is 12.1 Å². The maximum Gasteiger partial charge on any atom is 0.339 e. The fourth-order valence-electron chi connectivity index (χ4n) is 1.97. The van der Waals surface area contributed by atoms with Gasteiger partial charge in [0.05, 0.1) is 12.7 Å². The van der Waals surface area contributed by atoms with Gasteiger partial charge in [0.1, 0.15) is 5.82 Å². The summed E-state index contributed by atoms with van der Waals surface area (Å²) in [6.45, 7) is 6.04. The molecule has 0 spiro atoms. The molecule has 0 aliphatic carbocycles. The molecule has 0 bridgehead atoms. The minimum Gasteiger partial charge on any atom is -0.465 e. The number of pyridine rings is 1. The Morgan fingerprint density at radius 3 is 2.61 bits per heavy atom. The molecule has 98 valence electrons. The molecule has 1 fully saturated rings. The van der Waals surface area contributed by atoms with Crippen molar-refractivity contribution < 1.29 is 30.6 Å². The van der Waals surface area contributed by atoms with Crippen LogP contribution in [-0.4, -0.2) is 31.2 Å². The van der Waals surface area contributed by atoms with E-state index in [0.29, 0.717) is 11.5 Å². The summed E-state index contributed by atoms with van der Waals surface area (Å²) in [5.74, 6) is 1.13. The van der Waals surface area contributed by atoms with Crippen molar-refractivity contribution in [3.05, 3.63) is 30.8 Å². The number of nitrogens with zero attached hydrogens (tertiary/aromatic N) is 2. The van der Waals surface area contributed by atoms with Crippen LogP contribution in [0.15, 0.2) is 18.3 Å². The summed E-state index contributed by atoms with van der Waals surface area (Å²) in [4.78, 5) is 17.8. The first kappa shape index (κ1) is 15.2. The van der Waals surface area contributed by atoms with Crippen LogP contribution in [0.25, 0.3) is 0 Å². The molecular weight excluding hydrogens is 400 g/mol. The Hall–Kier alpha value is -0.892. The van der Waals surface area contributed by atoms with Crippen molar-refractivity contribution in [2.75, 3.05) is 25.1 Å². The quantitative estimate of drug-likeness (QED) is 0.545. The fourth-order valence-corrected chi connectivity index (χ4v) is 1.97. The van der Waals surface area contributed by atoms with Crippen LogP contribution in [0.2, 0.25) is 0 Å². The van der Waals surface area contributed by atoms with E-state index in [9.17, 15) is 4.79 Å². The van der Waals surface area contributed by atoms with E-state index in [2.05, 4.69) is 21.5 Å². The minimum absolute atomic E-state index is 0. The number of esters is 1. The van der Waals surface area contributed by atoms with Gasteiger partial charge in [-0.3, -0.25) is 0 Å². The van der Waals surface area contributed by atoms with Gasteiger partial charge in [-0.25, -0.2) is 9.78 Å². The number of anilines is 1. The van der Waals surface area contributed by atoms with Crippen molar-refractivity contribution in [1.29, 1.82) is 0 Å². The largest absolute Gasteiger partial charge is 0.465 e. The SMILES string of the molecule is [CH2-]C1CCN(c2ccc(C(=O)OC)cn2)CC1.[W]. The molecule has 0 atom stereocenters. The van der Waals surface area contributed by atoms with Crippen LogP contribution in [-0.2, 0) is 25.8 Å². The monoisotopic (exact) mass is 417 g/mol. The second-order valence-electron chi connectivity index (χ2n) is 4.33. The second kappa shape index (κ2) is 6.89. The van der Waals surface area contributed by atoms with E-state index < -0.39 is 0 Å². The smallest absolute Gasteiger partial charge is 0.339 e. The zero-order chi connectivity index (χ0) is 12.3. The second-order valence-corrected chi connectivity index (χ2v) is 4.33. The summed E-state index contributed by atoms with van der Waals surface area (Å²) < 4.78 is 4.63. The van der Waals surface area contributed by atoms with E-state index >= 15 is 0 Å². The molecule has 1 aromatic heterocycles. The molecule has 0 amide bonds. The van der Waals surface area contributed by atoms with E-state index in [1.807, 2.05) is 6.07 Å². The van der Waals surface area contributed by atoms with E-state index in [1.165, 1.54) is 7.11 Å². The molecule has 18 heavy (non-hydrogen) atoms. The molecule has 0 aromatic carbocycles. The molecule has 1 aliphatic rings. The van der Waals surface area contributed by atoms with Crippen LogP contribution in [0.1, 0.15) is 23.2 Å². The summed E-state index contributed by atoms with van der Waals surface area (Å²) in [6, 6.07) is 3.63. The molecule has 2 rings (SSSR count). The number of hydrogen-bond donors (Lipinski definition) is 0. The predicted molar refractivity (Wildman–Crippen MR) is 65.9 cm³/mol. The van der Waals surface area contributed by atoms with Crippen LogP contribution < -0.4 is 4.90 Å². The molecule has 2 heterocycles. The minimum atomic E-state index is -0.347. The first-order valence-electron chi connectivity index (χ1n) is 5.83. The zero-order valence-corrected chi connectivity index (χ0v) is 13.4. The van der Waals surface area contributed by atoms with Gasteiger partial charge in [0.2, 0.25) is 0 Å². The normalized spacial score (nSPS) is 16.0.